The average molecular weight is 595 g/mol. The third-order valence-electron chi connectivity index (χ3n) is 7.46. The lowest BCUT2D eigenvalue weighted by Crippen LogP contribution is -2.50. The van der Waals surface area contributed by atoms with Crippen LogP contribution in [0.1, 0.15) is 54.9 Å². The van der Waals surface area contributed by atoms with Gasteiger partial charge in [-0.25, -0.2) is 9.18 Å². The van der Waals surface area contributed by atoms with Crippen molar-refractivity contribution in [1.29, 1.82) is 0 Å². The maximum Gasteiger partial charge on any atom is 0.341 e. The zero-order chi connectivity index (χ0) is 29.2. The molecule has 1 saturated heterocycles. The number of unbranched alkanes of at least 4 members (excludes halogenated alkanes) is 3. The highest BCUT2D eigenvalue weighted by molar-refractivity contribution is 6.17. The first-order valence-corrected chi connectivity index (χ1v) is 15.0. The van der Waals surface area contributed by atoms with Gasteiger partial charge in [0.15, 0.2) is 0 Å². The number of nitrogens with zero attached hydrogens (tertiary/aromatic N) is 3. The SMILES string of the molecule is O=C(CN1CCN(c2cc3c(cc2F)c(=O)c(C(=O)O)cn3C2CC2)CC1)NCCOCCOCCCCCCCl. The zero-order valence-electron chi connectivity index (χ0n) is 23.4. The Morgan fingerprint density at radius 2 is 1.71 bits per heavy atom. The quantitative estimate of drug-likeness (QED) is 0.212. The fraction of sp³-hybridized carbons (Fsp3) is 0.621. The van der Waals surface area contributed by atoms with Crippen molar-refractivity contribution in [3.63, 3.8) is 0 Å². The number of hydrogen-bond donors (Lipinski definition) is 2. The first kappa shape index (κ1) is 31.2. The number of carboxylic acids is 1. The molecular formula is C29H40ClFN4O6. The van der Waals surface area contributed by atoms with E-state index in [-0.39, 0.29) is 29.4 Å². The van der Waals surface area contributed by atoms with Crippen LogP contribution in [0.25, 0.3) is 10.9 Å². The highest BCUT2D eigenvalue weighted by Gasteiger charge is 2.28. The smallest absolute Gasteiger partial charge is 0.341 e. The number of alkyl halides is 1. The van der Waals surface area contributed by atoms with Crippen LogP contribution in [0.15, 0.2) is 23.1 Å². The molecule has 10 nitrogen and oxygen atoms in total. The summed E-state index contributed by atoms with van der Waals surface area (Å²) < 4.78 is 28.0. The Kier molecular flexibility index (Phi) is 11.8. The van der Waals surface area contributed by atoms with Crippen LogP contribution in [0, 0.1) is 5.82 Å². The molecule has 0 spiro atoms. The van der Waals surface area contributed by atoms with Crippen LogP contribution in [0.5, 0.6) is 0 Å². The number of carboxylic acid groups (broad SMARTS) is 1. The Morgan fingerprint density at radius 1 is 1.00 bits per heavy atom. The monoisotopic (exact) mass is 594 g/mol. The Bertz CT molecular complexity index is 1250. The minimum atomic E-state index is -1.31. The minimum absolute atomic E-state index is 0.0821. The molecule has 1 aliphatic heterocycles. The summed E-state index contributed by atoms with van der Waals surface area (Å²) in [6, 6.07) is 2.94. The maximum absolute atomic E-state index is 15.2. The molecule has 2 aliphatic rings. The molecule has 1 amide bonds. The van der Waals surface area contributed by atoms with E-state index in [4.69, 9.17) is 21.1 Å². The van der Waals surface area contributed by atoms with Crippen LogP contribution in [0.2, 0.25) is 0 Å². The number of aromatic carboxylic acids is 1. The van der Waals surface area contributed by atoms with Gasteiger partial charge in [-0.15, -0.1) is 11.6 Å². The first-order valence-electron chi connectivity index (χ1n) is 14.5. The molecular weight excluding hydrogens is 555 g/mol. The summed E-state index contributed by atoms with van der Waals surface area (Å²) in [5.41, 5.74) is -0.0865. The van der Waals surface area contributed by atoms with Gasteiger partial charge in [-0.2, -0.15) is 0 Å². The van der Waals surface area contributed by atoms with E-state index in [2.05, 4.69) is 5.32 Å². The lowest BCUT2D eigenvalue weighted by atomic mass is 10.1. The molecule has 0 unspecified atom stereocenters. The molecule has 4 rings (SSSR count). The van der Waals surface area contributed by atoms with Crippen LogP contribution in [0.4, 0.5) is 10.1 Å². The summed E-state index contributed by atoms with van der Waals surface area (Å²) >= 11 is 5.66. The lowest BCUT2D eigenvalue weighted by molar-refractivity contribution is -0.122. The number of pyridine rings is 1. The van der Waals surface area contributed by atoms with Crippen molar-refractivity contribution in [2.24, 2.45) is 0 Å². The molecule has 0 bridgehead atoms. The van der Waals surface area contributed by atoms with Gasteiger partial charge in [0, 0.05) is 62.8 Å². The number of anilines is 1. The molecule has 1 saturated carbocycles. The number of rotatable bonds is 17. The standard InChI is InChI=1S/C29H40ClFN4O6/c30-7-3-1-2-4-13-40-15-16-41-14-8-32-27(36)20-33-9-11-34(12-10-33)26-18-25-22(17-24(26)31)28(37)23(29(38)39)19-35(25)21-5-6-21/h17-19,21H,1-16,20H2,(H,32,36)(H,38,39). The number of amides is 1. The summed E-state index contributed by atoms with van der Waals surface area (Å²) in [6.07, 6.45) is 7.48. The van der Waals surface area contributed by atoms with Crippen molar-refractivity contribution in [1.82, 2.24) is 14.8 Å². The van der Waals surface area contributed by atoms with E-state index in [1.165, 1.54) is 6.20 Å². The molecule has 2 heterocycles. The molecule has 12 heteroatoms. The summed E-state index contributed by atoms with van der Waals surface area (Å²) in [6.45, 7) is 5.04. The number of nitrogens with one attached hydrogen (secondary N) is 1. The predicted molar refractivity (Wildman–Crippen MR) is 156 cm³/mol. The van der Waals surface area contributed by atoms with Gasteiger partial charge in [-0.05, 0) is 37.8 Å². The second-order valence-corrected chi connectivity index (χ2v) is 11.0. The summed E-state index contributed by atoms with van der Waals surface area (Å²) in [5, 5.41) is 12.4. The van der Waals surface area contributed by atoms with Crippen molar-refractivity contribution in [2.45, 2.75) is 44.6 Å². The van der Waals surface area contributed by atoms with Gasteiger partial charge in [-0.1, -0.05) is 12.8 Å². The molecule has 226 valence electrons. The van der Waals surface area contributed by atoms with E-state index in [1.54, 1.807) is 10.6 Å². The number of hydrogen-bond acceptors (Lipinski definition) is 7. The normalized spacial score (nSPS) is 15.9. The molecule has 0 radical (unpaired) electrons. The molecule has 1 aromatic heterocycles. The predicted octanol–water partition coefficient (Wildman–Crippen LogP) is 3.24. The average Bonchev–Trinajstić information content (AvgIpc) is 3.80. The van der Waals surface area contributed by atoms with Crippen LogP contribution in [0.3, 0.4) is 0 Å². The highest BCUT2D eigenvalue weighted by Crippen LogP contribution is 2.38. The van der Waals surface area contributed by atoms with E-state index in [0.29, 0.717) is 69.6 Å². The number of carbonyl (C=O) groups excluding carboxylic acids is 1. The van der Waals surface area contributed by atoms with E-state index in [9.17, 15) is 19.5 Å². The Labute approximate surface area is 244 Å². The molecule has 2 N–H and O–H groups in total. The maximum atomic E-state index is 15.2. The summed E-state index contributed by atoms with van der Waals surface area (Å²) in [7, 11) is 0. The number of aromatic nitrogens is 1. The third kappa shape index (κ3) is 8.88. The molecule has 1 aliphatic carbocycles. The van der Waals surface area contributed by atoms with Crippen LogP contribution in [-0.2, 0) is 14.3 Å². The van der Waals surface area contributed by atoms with E-state index < -0.39 is 17.2 Å². The van der Waals surface area contributed by atoms with E-state index in [0.717, 1.165) is 51.2 Å². The van der Waals surface area contributed by atoms with Crippen LogP contribution < -0.4 is 15.6 Å². The van der Waals surface area contributed by atoms with Gasteiger partial charge < -0.3 is 29.4 Å². The Morgan fingerprint density at radius 3 is 2.39 bits per heavy atom. The van der Waals surface area contributed by atoms with Gasteiger partial charge in [0.05, 0.1) is 37.6 Å². The van der Waals surface area contributed by atoms with Crippen LogP contribution in [-0.4, -0.2) is 98.0 Å². The second kappa shape index (κ2) is 15.5. The van der Waals surface area contributed by atoms with Crippen molar-refractivity contribution >= 4 is 40.1 Å². The zero-order valence-corrected chi connectivity index (χ0v) is 24.2. The Hall–Kier alpha value is -2.73. The van der Waals surface area contributed by atoms with Crippen molar-refractivity contribution in [2.75, 3.05) is 76.5 Å². The minimum Gasteiger partial charge on any atom is -0.477 e. The summed E-state index contributed by atoms with van der Waals surface area (Å²) in [4.78, 5) is 40.6. The second-order valence-electron chi connectivity index (χ2n) is 10.6. The van der Waals surface area contributed by atoms with Gasteiger partial charge in [0.1, 0.15) is 11.4 Å². The molecule has 0 atom stereocenters. The van der Waals surface area contributed by atoms with Crippen molar-refractivity contribution < 1.29 is 28.6 Å². The van der Waals surface area contributed by atoms with E-state index >= 15 is 4.39 Å². The number of halogens is 2. The fourth-order valence-electron chi connectivity index (χ4n) is 5.05. The van der Waals surface area contributed by atoms with Crippen molar-refractivity contribution in [3.8, 4) is 0 Å². The molecule has 41 heavy (non-hydrogen) atoms. The van der Waals surface area contributed by atoms with Gasteiger partial charge in [-0.3, -0.25) is 14.5 Å². The summed E-state index contributed by atoms with van der Waals surface area (Å²) in [5.74, 6) is -1.25. The van der Waals surface area contributed by atoms with E-state index in [1.807, 2.05) is 9.80 Å². The molecule has 2 fully saturated rings. The van der Waals surface area contributed by atoms with Gasteiger partial charge in [0.2, 0.25) is 11.3 Å². The van der Waals surface area contributed by atoms with Gasteiger partial charge >= 0.3 is 5.97 Å². The number of carbonyl (C=O) groups is 2. The van der Waals surface area contributed by atoms with Crippen molar-refractivity contribution in [3.05, 3.63) is 39.9 Å². The highest BCUT2D eigenvalue weighted by atomic mass is 35.5. The number of ether oxygens (including phenoxy) is 2. The fourth-order valence-corrected chi connectivity index (χ4v) is 5.24. The number of fused-ring (bicyclic) bond motifs is 1. The topological polar surface area (TPSA) is 113 Å². The lowest BCUT2D eigenvalue weighted by Gasteiger charge is -2.36. The molecule has 1 aromatic carbocycles. The number of piperazine rings is 1. The van der Waals surface area contributed by atoms with Crippen LogP contribution >= 0.6 is 11.6 Å². The third-order valence-corrected chi connectivity index (χ3v) is 7.73. The Balaban J connectivity index is 1.18. The van der Waals surface area contributed by atoms with Gasteiger partial charge in [0.25, 0.3) is 0 Å². The largest absolute Gasteiger partial charge is 0.477 e. The first-order chi connectivity index (χ1) is 19.9. The molecule has 2 aromatic rings. The number of benzene rings is 1.